The molecule has 1 aromatic heterocycles. The Labute approximate surface area is 113 Å². The van der Waals surface area contributed by atoms with E-state index in [1.807, 2.05) is 12.1 Å². The first-order chi connectivity index (χ1) is 9.29. The topological polar surface area (TPSA) is 62.8 Å². The summed E-state index contributed by atoms with van der Waals surface area (Å²) in [6.07, 6.45) is 3.49. The van der Waals surface area contributed by atoms with Crippen molar-refractivity contribution >= 4 is 0 Å². The van der Waals surface area contributed by atoms with Crippen LogP contribution in [0.5, 0.6) is 5.75 Å². The van der Waals surface area contributed by atoms with Crippen molar-refractivity contribution in [3.63, 3.8) is 0 Å². The molecule has 0 radical (unpaired) electrons. The van der Waals surface area contributed by atoms with E-state index in [1.165, 1.54) is 5.56 Å². The Morgan fingerprint density at radius 2 is 2.32 bits per heavy atom. The molecule has 5 nitrogen and oxygen atoms in total. The van der Waals surface area contributed by atoms with Crippen molar-refractivity contribution in [2.45, 2.75) is 25.8 Å². The monoisotopic (exact) mass is 260 g/mol. The summed E-state index contributed by atoms with van der Waals surface area (Å²) in [6, 6.07) is 8.45. The molecule has 0 aliphatic heterocycles. The van der Waals surface area contributed by atoms with Gasteiger partial charge in [0.05, 0.1) is 7.11 Å². The number of nitrogens with one attached hydrogen (secondary N) is 2. The second-order valence-corrected chi connectivity index (χ2v) is 4.49. The van der Waals surface area contributed by atoms with Crippen molar-refractivity contribution in [2.75, 3.05) is 13.7 Å². The van der Waals surface area contributed by atoms with Crippen molar-refractivity contribution in [1.82, 2.24) is 20.5 Å². The summed E-state index contributed by atoms with van der Waals surface area (Å²) in [5.74, 6) is 1.84. The molecule has 1 heterocycles. The lowest BCUT2D eigenvalue weighted by Crippen LogP contribution is -2.20. The highest BCUT2D eigenvalue weighted by molar-refractivity contribution is 5.30. The average Bonchev–Trinajstić information content (AvgIpc) is 2.96. The van der Waals surface area contributed by atoms with Gasteiger partial charge >= 0.3 is 0 Å². The minimum Gasteiger partial charge on any atom is -0.497 e. The zero-order valence-electron chi connectivity index (χ0n) is 11.4. The van der Waals surface area contributed by atoms with Crippen LogP contribution in [-0.4, -0.2) is 28.8 Å². The summed E-state index contributed by atoms with van der Waals surface area (Å²) in [5, 5.41) is 10.2. The number of aromatic nitrogens is 3. The molecule has 1 unspecified atom stereocenters. The Morgan fingerprint density at radius 3 is 3.05 bits per heavy atom. The summed E-state index contributed by atoms with van der Waals surface area (Å²) in [5.41, 5.74) is 1.24. The van der Waals surface area contributed by atoms with E-state index in [9.17, 15) is 0 Å². The molecule has 1 atom stereocenters. The fraction of sp³-hybridized carbons (Fsp3) is 0.429. The molecule has 19 heavy (non-hydrogen) atoms. The lowest BCUT2D eigenvalue weighted by Gasteiger charge is -2.14. The van der Waals surface area contributed by atoms with Crippen molar-refractivity contribution < 1.29 is 4.74 Å². The molecule has 0 spiro atoms. The van der Waals surface area contributed by atoms with Crippen LogP contribution in [0.15, 0.2) is 30.6 Å². The van der Waals surface area contributed by atoms with Gasteiger partial charge in [0.2, 0.25) is 0 Å². The van der Waals surface area contributed by atoms with E-state index in [2.05, 4.69) is 39.6 Å². The summed E-state index contributed by atoms with van der Waals surface area (Å²) in [4.78, 5) is 4.10. The van der Waals surface area contributed by atoms with Crippen LogP contribution in [-0.2, 0) is 6.42 Å². The van der Waals surface area contributed by atoms with Crippen LogP contribution >= 0.6 is 0 Å². The maximum atomic E-state index is 5.23. The summed E-state index contributed by atoms with van der Waals surface area (Å²) in [6.45, 7) is 3.10. The molecule has 1 aromatic carbocycles. The molecule has 0 amide bonds. The average molecular weight is 260 g/mol. The van der Waals surface area contributed by atoms with E-state index in [0.29, 0.717) is 6.04 Å². The maximum Gasteiger partial charge on any atom is 0.137 e. The summed E-state index contributed by atoms with van der Waals surface area (Å²) < 4.78 is 5.23. The number of ether oxygens (including phenoxy) is 1. The van der Waals surface area contributed by atoms with Crippen LogP contribution in [0.2, 0.25) is 0 Å². The number of nitrogens with zero attached hydrogens (tertiary/aromatic N) is 2. The van der Waals surface area contributed by atoms with E-state index in [4.69, 9.17) is 4.74 Å². The number of methoxy groups -OCH3 is 1. The van der Waals surface area contributed by atoms with Gasteiger partial charge in [0.25, 0.3) is 0 Å². The standard InChI is InChI=1S/C14H20N4O/c1-11(12-5-3-6-13(9-12)19-2)15-8-4-7-14-16-10-17-18-14/h3,5-6,9-11,15H,4,7-8H2,1-2H3,(H,16,17,18). The third-order valence-corrected chi connectivity index (χ3v) is 3.10. The molecule has 102 valence electrons. The van der Waals surface area contributed by atoms with Crippen molar-refractivity contribution in [3.05, 3.63) is 42.0 Å². The molecule has 0 saturated heterocycles. The minimum absolute atomic E-state index is 0.310. The van der Waals surface area contributed by atoms with Gasteiger partial charge in [-0.05, 0) is 37.6 Å². The Balaban J connectivity index is 1.75. The predicted molar refractivity (Wildman–Crippen MR) is 74.1 cm³/mol. The number of hydrogen-bond donors (Lipinski definition) is 2. The SMILES string of the molecule is COc1cccc(C(C)NCCCc2ncn[nH]2)c1. The fourth-order valence-electron chi connectivity index (χ4n) is 1.95. The smallest absolute Gasteiger partial charge is 0.137 e. The van der Waals surface area contributed by atoms with Gasteiger partial charge < -0.3 is 10.1 Å². The summed E-state index contributed by atoms with van der Waals surface area (Å²) >= 11 is 0. The van der Waals surface area contributed by atoms with Gasteiger partial charge in [0.15, 0.2) is 0 Å². The maximum absolute atomic E-state index is 5.23. The third kappa shape index (κ3) is 4.06. The van der Waals surface area contributed by atoms with E-state index in [1.54, 1.807) is 13.4 Å². The molecule has 0 fully saturated rings. The van der Waals surface area contributed by atoms with Crippen LogP contribution in [0.4, 0.5) is 0 Å². The Kier molecular flexibility index (Phi) is 4.92. The summed E-state index contributed by atoms with van der Waals surface area (Å²) in [7, 11) is 1.69. The highest BCUT2D eigenvalue weighted by Crippen LogP contribution is 2.18. The van der Waals surface area contributed by atoms with E-state index in [-0.39, 0.29) is 0 Å². The van der Waals surface area contributed by atoms with Gasteiger partial charge in [0.1, 0.15) is 17.9 Å². The predicted octanol–water partition coefficient (Wildman–Crippen LogP) is 2.10. The van der Waals surface area contributed by atoms with Crippen LogP contribution in [0.1, 0.15) is 30.8 Å². The second kappa shape index (κ2) is 6.89. The second-order valence-electron chi connectivity index (χ2n) is 4.49. The number of aryl methyl sites for hydroxylation is 1. The molecule has 0 aliphatic carbocycles. The Hall–Kier alpha value is -1.88. The molecule has 2 rings (SSSR count). The zero-order valence-corrected chi connectivity index (χ0v) is 11.4. The molecule has 2 aromatic rings. The van der Waals surface area contributed by atoms with Crippen LogP contribution in [0.3, 0.4) is 0 Å². The highest BCUT2D eigenvalue weighted by Gasteiger charge is 2.05. The van der Waals surface area contributed by atoms with Crippen LogP contribution in [0, 0.1) is 0 Å². The number of aromatic amines is 1. The molecular formula is C14H20N4O. The quantitative estimate of drug-likeness (QED) is 0.748. The number of benzene rings is 1. The van der Waals surface area contributed by atoms with Gasteiger partial charge in [-0.3, -0.25) is 5.10 Å². The van der Waals surface area contributed by atoms with Crippen molar-refractivity contribution in [3.8, 4) is 5.75 Å². The first-order valence-corrected chi connectivity index (χ1v) is 6.51. The Morgan fingerprint density at radius 1 is 1.42 bits per heavy atom. The number of H-pyrrole nitrogens is 1. The van der Waals surface area contributed by atoms with Crippen LogP contribution < -0.4 is 10.1 Å². The van der Waals surface area contributed by atoms with Crippen molar-refractivity contribution in [2.24, 2.45) is 0 Å². The molecule has 0 saturated carbocycles. The minimum atomic E-state index is 0.310. The molecular weight excluding hydrogens is 240 g/mol. The van der Waals surface area contributed by atoms with Crippen LogP contribution in [0.25, 0.3) is 0 Å². The van der Waals surface area contributed by atoms with Gasteiger partial charge in [-0.1, -0.05) is 12.1 Å². The first kappa shape index (κ1) is 13.5. The lowest BCUT2D eigenvalue weighted by atomic mass is 10.1. The van der Waals surface area contributed by atoms with E-state index >= 15 is 0 Å². The first-order valence-electron chi connectivity index (χ1n) is 6.51. The van der Waals surface area contributed by atoms with Gasteiger partial charge in [-0.25, -0.2) is 4.98 Å². The van der Waals surface area contributed by atoms with E-state index in [0.717, 1.165) is 31.0 Å². The largest absolute Gasteiger partial charge is 0.497 e. The van der Waals surface area contributed by atoms with E-state index < -0.39 is 0 Å². The van der Waals surface area contributed by atoms with Crippen molar-refractivity contribution in [1.29, 1.82) is 0 Å². The molecule has 0 aliphatic rings. The Bertz CT molecular complexity index is 484. The fourth-order valence-corrected chi connectivity index (χ4v) is 1.95. The van der Waals surface area contributed by atoms with Gasteiger partial charge in [0, 0.05) is 12.5 Å². The van der Waals surface area contributed by atoms with Gasteiger partial charge in [-0.15, -0.1) is 0 Å². The zero-order chi connectivity index (χ0) is 13.5. The highest BCUT2D eigenvalue weighted by atomic mass is 16.5. The molecule has 2 N–H and O–H groups in total. The molecule has 5 heteroatoms. The lowest BCUT2D eigenvalue weighted by molar-refractivity contribution is 0.413. The molecule has 0 bridgehead atoms. The van der Waals surface area contributed by atoms with Gasteiger partial charge in [-0.2, -0.15) is 5.10 Å². The normalized spacial score (nSPS) is 12.3. The number of rotatable bonds is 7. The third-order valence-electron chi connectivity index (χ3n) is 3.10. The number of hydrogen-bond acceptors (Lipinski definition) is 4.